The van der Waals surface area contributed by atoms with Gasteiger partial charge in [-0.25, -0.2) is 18.1 Å². The molecule has 0 atom stereocenters. The van der Waals surface area contributed by atoms with Gasteiger partial charge in [0.15, 0.2) is 0 Å². The number of imidazole rings is 1. The number of aromatic nitrogens is 2. The topological polar surface area (TPSA) is 101 Å². The van der Waals surface area contributed by atoms with E-state index in [0.29, 0.717) is 17.3 Å². The van der Waals surface area contributed by atoms with E-state index in [1.807, 2.05) is 18.2 Å². The molecule has 0 saturated carbocycles. The quantitative estimate of drug-likeness (QED) is 0.527. The minimum absolute atomic E-state index is 0.0344. The first kappa shape index (κ1) is 14.9. The van der Waals surface area contributed by atoms with E-state index in [2.05, 4.69) is 14.7 Å². The Hall–Kier alpha value is -1.51. The van der Waals surface area contributed by atoms with E-state index in [9.17, 15) is 8.42 Å². The molecule has 1 aromatic heterocycles. The van der Waals surface area contributed by atoms with E-state index in [1.54, 1.807) is 18.5 Å². The number of thioether (sulfide) groups is 1. The number of sulfonamides is 1. The minimum Gasteiger partial charge on any atom is -0.398 e. The molecule has 0 aliphatic heterocycles. The Morgan fingerprint density at radius 2 is 2.15 bits per heavy atom. The molecule has 0 spiro atoms. The molecule has 108 valence electrons. The molecule has 1 aromatic carbocycles. The first-order valence-electron chi connectivity index (χ1n) is 6.00. The Labute approximate surface area is 122 Å². The first-order valence-corrected chi connectivity index (χ1v) is 8.63. The Kier molecular flexibility index (Phi) is 5.05. The van der Waals surface area contributed by atoms with E-state index < -0.39 is 10.0 Å². The molecular weight excluding hydrogens is 296 g/mol. The number of nitrogens with one attached hydrogen (secondary N) is 2. The highest BCUT2D eigenvalue weighted by Crippen LogP contribution is 2.24. The first-order chi connectivity index (χ1) is 9.57. The third kappa shape index (κ3) is 4.55. The van der Waals surface area contributed by atoms with Gasteiger partial charge in [-0.05, 0) is 12.1 Å². The zero-order valence-electron chi connectivity index (χ0n) is 10.7. The highest BCUT2D eigenvalue weighted by Gasteiger charge is 2.11. The summed E-state index contributed by atoms with van der Waals surface area (Å²) in [6.07, 6.45) is 3.23. The number of rotatable bonds is 7. The van der Waals surface area contributed by atoms with Crippen LogP contribution in [0.1, 0.15) is 5.82 Å². The predicted molar refractivity (Wildman–Crippen MR) is 80.8 cm³/mol. The van der Waals surface area contributed by atoms with Crippen LogP contribution in [0.2, 0.25) is 0 Å². The molecule has 0 saturated heterocycles. The number of hydrogen-bond acceptors (Lipinski definition) is 5. The highest BCUT2D eigenvalue weighted by molar-refractivity contribution is 8.00. The second-order valence-electron chi connectivity index (χ2n) is 4.06. The monoisotopic (exact) mass is 312 g/mol. The van der Waals surface area contributed by atoms with E-state index in [-0.39, 0.29) is 12.3 Å². The number of anilines is 1. The Morgan fingerprint density at radius 1 is 1.35 bits per heavy atom. The Bertz CT molecular complexity index is 641. The fourth-order valence-electron chi connectivity index (χ4n) is 1.52. The maximum Gasteiger partial charge on any atom is 0.212 e. The van der Waals surface area contributed by atoms with Crippen molar-refractivity contribution in [3.8, 4) is 0 Å². The summed E-state index contributed by atoms with van der Waals surface area (Å²) in [5.74, 6) is 1.07. The van der Waals surface area contributed by atoms with Crippen LogP contribution in [-0.4, -0.2) is 29.9 Å². The molecule has 0 aliphatic carbocycles. The summed E-state index contributed by atoms with van der Waals surface area (Å²) in [5, 5.41) is 0. The van der Waals surface area contributed by atoms with Crippen molar-refractivity contribution < 1.29 is 8.42 Å². The Morgan fingerprint density at radius 3 is 2.85 bits per heavy atom. The summed E-state index contributed by atoms with van der Waals surface area (Å²) in [5.41, 5.74) is 6.46. The molecule has 2 aromatic rings. The summed E-state index contributed by atoms with van der Waals surface area (Å²) in [6, 6.07) is 7.40. The zero-order valence-corrected chi connectivity index (χ0v) is 12.4. The van der Waals surface area contributed by atoms with Crippen LogP contribution in [0.25, 0.3) is 0 Å². The summed E-state index contributed by atoms with van der Waals surface area (Å²) in [4.78, 5) is 7.69. The van der Waals surface area contributed by atoms with Gasteiger partial charge in [-0.2, -0.15) is 0 Å². The molecule has 8 heteroatoms. The van der Waals surface area contributed by atoms with Crippen molar-refractivity contribution in [2.75, 3.05) is 17.2 Å². The van der Waals surface area contributed by atoms with Crippen molar-refractivity contribution >= 4 is 27.5 Å². The average molecular weight is 312 g/mol. The lowest BCUT2D eigenvalue weighted by atomic mass is 10.3. The number of nitrogen functional groups attached to an aromatic ring is 1. The fraction of sp³-hybridized carbons (Fsp3) is 0.250. The van der Waals surface area contributed by atoms with Crippen LogP contribution in [0.4, 0.5) is 5.69 Å². The number of nitrogens with zero attached hydrogens (tertiary/aromatic N) is 1. The number of H-pyrrole nitrogens is 1. The van der Waals surface area contributed by atoms with Crippen LogP contribution in [0.15, 0.2) is 41.6 Å². The van der Waals surface area contributed by atoms with Gasteiger partial charge in [-0.3, -0.25) is 0 Å². The van der Waals surface area contributed by atoms with Gasteiger partial charge >= 0.3 is 0 Å². The number of aromatic amines is 1. The summed E-state index contributed by atoms with van der Waals surface area (Å²) >= 11 is 1.43. The van der Waals surface area contributed by atoms with Gasteiger partial charge in [0.05, 0.1) is 12.3 Å². The van der Waals surface area contributed by atoms with Crippen LogP contribution in [0.5, 0.6) is 0 Å². The SMILES string of the molecule is Nc1ccccc1SCCS(=O)(=O)NCc1ncc[nH]1. The van der Waals surface area contributed by atoms with Gasteiger partial charge in [0.1, 0.15) is 5.82 Å². The van der Waals surface area contributed by atoms with Crippen molar-refractivity contribution in [1.82, 2.24) is 14.7 Å². The number of benzene rings is 1. The molecule has 1 heterocycles. The van der Waals surface area contributed by atoms with E-state index >= 15 is 0 Å². The molecule has 2 rings (SSSR count). The summed E-state index contributed by atoms with van der Waals surface area (Å²) in [7, 11) is -3.31. The van der Waals surface area contributed by atoms with Crippen molar-refractivity contribution in [1.29, 1.82) is 0 Å². The normalized spacial score (nSPS) is 11.6. The molecule has 4 N–H and O–H groups in total. The van der Waals surface area contributed by atoms with Gasteiger partial charge in [-0.15, -0.1) is 11.8 Å². The molecule has 0 amide bonds. The van der Waals surface area contributed by atoms with Gasteiger partial charge in [0.2, 0.25) is 10.0 Å². The molecule has 0 aliphatic rings. The minimum atomic E-state index is -3.31. The maximum atomic E-state index is 11.8. The lowest BCUT2D eigenvalue weighted by Crippen LogP contribution is -2.27. The van der Waals surface area contributed by atoms with Crippen LogP contribution < -0.4 is 10.5 Å². The fourth-order valence-corrected chi connectivity index (χ4v) is 3.86. The van der Waals surface area contributed by atoms with Crippen molar-refractivity contribution in [3.63, 3.8) is 0 Å². The van der Waals surface area contributed by atoms with Gasteiger partial charge in [0.25, 0.3) is 0 Å². The average Bonchev–Trinajstić information content (AvgIpc) is 2.92. The lowest BCUT2D eigenvalue weighted by molar-refractivity contribution is 0.581. The molecule has 20 heavy (non-hydrogen) atoms. The van der Waals surface area contributed by atoms with Gasteiger partial charge < -0.3 is 10.7 Å². The second-order valence-corrected chi connectivity index (χ2v) is 7.13. The smallest absolute Gasteiger partial charge is 0.212 e. The van der Waals surface area contributed by atoms with Crippen molar-refractivity contribution in [2.24, 2.45) is 0 Å². The van der Waals surface area contributed by atoms with E-state index in [1.165, 1.54) is 11.8 Å². The zero-order chi connectivity index (χ0) is 14.4. The molecule has 0 unspecified atom stereocenters. The van der Waals surface area contributed by atoms with E-state index in [4.69, 9.17) is 5.73 Å². The molecule has 0 bridgehead atoms. The molecule has 0 fully saturated rings. The lowest BCUT2D eigenvalue weighted by Gasteiger charge is -2.06. The van der Waals surface area contributed by atoms with Crippen molar-refractivity contribution in [3.05, 3.63) is 42.5 Å². The maximum absolute atomic E-state index is 11.8. The number of nitrogens with two attached hydrogens (primary N) is 1. The molecule has 0 radical (unpaired) electrons. The second kappa shape index (κ2) is 6.78. The van der Waals surface area contributed by atoms with Crippen LogP contribution >= 0.6 is 11.8 Å². The predicted octanol–water partition coefficient (Wildman–Crippen LogP) is 1.20. The number of para-hydroxylation sites is 1. The Balaban J connectivity index is 1.79. The van der Waals surface area contributed by atoms with Crippen LogP contribution in [-0.2, 0) is 16.6 Å². The van der Waals surface area contributed by atoms with Crippen LogP contribution in [0, 0.1) is 0 Å². The highest BCUT2D eigenvalue weighted by atomic mass is 32.2. The van der Waals surface area contributed by atoms with Crippen LogP contribution in [0.3, 0.4) is 0 Å². The summed E-state index contributed by atoms with van der Waals surface area (Å²) in [6.45, 7) is 0.174. The van der Waals surface area contributed by atoms with Crippen molar-refractivity contribution in [2.45, 2.75) is 11.4 Å². The third-order valence-corrected chi connectivity index (χ3v) is 5.22. The summed E-state index contributed by atoms with van der Waals surface area (Å²) < 4.78 is 26.1. The molecular formula is C12H16N4O2S2. The van der Waals surface area contributed by atoms with Gasteiger partial charge in [-0.1, -0.05) is 12.1 Å². The third-order valence-electron chi connectivity index (χ3n) is 2.54. The molecule has 6 nitrogen and oxygen atoms in total. The standard InChI is InChI=1S/C12H16N4O2S2/c13-10-3-1-2-4-11(10)19-7-8-20(17,18)16-9-12-14-5-6-15-12/h1-6,16H,7-9,13H2,(H,14,15). The largest absolute Gasteiger partial charge is 0.398 e. The van der Waals surface area contributed by atoms with E-state index in [0.717, 1.165) is 4.90 Å². The van der Waals surface area contributed by atoms with Gasteiger partial charge in [0, 0.05) is 28.7 Å². The number of hydrogen-bond donors (Lipinski definition) is 3.